The highest BCUT2D eigenvalue weighted by molar-refractivity contribution is 7.92. The van der Waals surface area contributed by atoms with E-state index in [1.54, 1.807) is 50.2 Å². The summed E-state index contributed by atoms with van der Waals surface area (Å²) in [4.78, 5) is 25.8. The van der Waals surface area contributed by atoms with Crippen LogP contribution in [0.25, 0.3) is 0 Å². The Morgan fingerprint density at radius 3 is 2.31 bits per heavy atom. The Kier molecular flexibility index (Phi) is 7.56. The second-order valence-electron chi connectivity index (χ2n) is 7.85. The number of rotatable bonds is 8. The summed E-state index contributed by atoms with van der Waals surface area (Å²) < 4.78 is 33.1. The Hall–Kier alpha value is -2.87. The smallest absolute Gasteiger partial charge is 0.331 e. The minimum absolute atomic E-state index is 0.0182. The number of sulfonamides is 1. The van der Waals surface area contributed by atoms with Gasteiger partial charge in [0.1, 0.15) is 5.54 Å². The maximum atomic E-state index is 13.3. The first kappa shape index (κ1) is 23.8. The van der Waals surface area contributed by atoms with E-state index in [2.05, 4.69) is 5.32 Å². The fourth-order valence-electron chi connectivity index (χ4n) is 4.10. The van der Waals surface area contributed by atoms with Gasteiger partial charge in [-0.2, -0.15) is 0 Å². The van der Waals surface area contributed by atoms with E-state index in [4.69, 9.17) is 4.74 Å². The molecule has 0 unspecified atom stereocenters. The minimum Gasteiger partial charge on any atom is -0.464 e. The number of carbonyl (C=O) groups is 2. The van der Waals surface area contributed by atoms with E-state index in [0.717, 1.165) is 19.3 Å². The van der Waals surface area contributed by atoms with Crippen LogP contribution in [-0.2, 0) is 19.6 Å². The van der Waals surface area contributed by atoms with Crippen molar-refractivity contribution in [2.24, 2.45) is 0 Å². The van der Waals surface area contributed by atoms with Gasteiger partial charge in [-0.15, -0.1) is 0 Å². The SMILES string of the molecule is CCOC(=O)C1(NC(=O)c2cccc(S(=O)(=O)N(CC)c3ccccc3)c2)CCCCC1. The van der Waals surface area contributed by atoms with Crippen LogP contribution < -0.4 is 9.62 Å². The highest BCUT2D eigenvalue weighted by atomic mass is 32.2. The summed E-state index contributed by atoms with van der Waals surface area (Å²) in [5.41, 5.74) is -0.336. The van der Waals surface area contributed by atoms with Gasteiger partial charge in [-0.3, -0.25) is 9.10 Å². The fraction of sp³-hybridized carbons (Fsp3) is 0.417. The molecule has 0 saturated heterocycles. The van der Waals surface area contributed by atoms with Crippen LogP contribution in [0.15, 0.2) is 59.5 Å². The predicted molar refractivity (Wildman–Crippen MR) is 123 cm³/mol. The number of para-hydroxylation sites is 1. The first-order valence-electron chi connectivity index (χ1n) is 11.0. The Morgan fingerprint density at radius 1 is 1.00 bits per heavy atom. The third-order valence-electron chi connectivity index (χ3n) is 5.74. The molecule has 1 saturated carbocycles. The number of anilines is 1. The van der Waals surface area contributed by atoms with Crippen LogP contribution in [0.1, 0.15) is 56.3 Å². The number of hydrogen-bond donors (Lipinski definition) is 1. The van der Waals surface area contributed by atoms with Crippen molar-refractivity contribution in [3.05, 3.63) is 60.2 Å². The molecule has 1 aliphatic carbocycles. The largest absolute Gasteiger partial charge is 0.464 e. The molecule has 2 aromatic rings. The van der Waals surface area contributed by atoms with Gasteiger partial charge in [-0.1, -0.05) is 43.5 Å². The number of benzene rings is 2. The molecule has 7 nitrogen and oxygen atoms in total. The van der Waals surface area contributed by atoms with Crippen LogP contribution in [0.5, 0.6) is 0 Å². The van der Waals surface area contributed by atoms with Gasteiger partial charge in [-0.25, -0.2) is 13.2 Å². The lowest BCUT2D eigenvalue weighted by molar-refractivity contribution is -0.152. The van der Waals surface area contributed by atoms with E-state index in [9.17, 15) is 18.0 Å². The zero-order chi connectivity index (χ0) is 23.2. The molecular weight excluding hydrogens is 428 g/mol. The molecule has 0 bridgehead atoms. The molecule has 1 aliphatic rings. The van der Waals surface area contributed by atoms with Crippen LogP contribution in [0.4, 0.5) is 5.69 Å². The molecular formula is C24H30N2O5S. The molecule has 0 spiro atoms. The number of nitrogens with one attached hydrogen (secondary N) is 1. The van der Waals surface area contributed by atoms with Crippen molar-refractivity contribution in [3.8, 4) is 0 Å². The molecule has 0 aliphatic heterocycles. The summed E-state index contributed by atoms with van der Waals surface area (Å²) in [5, 5.41) is 2.86. The highest BCUT2D eigenvalue weighted by Gasteiger charge is 2.42. The number of esters is 1. The van der Waals surface area contributed by atoms with Gasteiger partial charge in [0, 0.05) is 12.1 Å². The van der Waals surface area contributed by atoms with Crippen LogP contribution in [-0.4, -0.2) is 39.0 Å². The Bertz CT molecular complexity index is 1050. The van der Waals surface area contributed by atoms with Crippen molar-refractivity contribution in [1.29, 1.82) is 0 Å². The first-order chi connectivity index (χ1) is 15.3. The number of nitrogens with zero attached hydrogens (tertiary/aromatic N) is 1. The highest BCUT2D eigenvalue weighted by Crippen LogP contribution is 2.30. The first-order valence-corrected chi connectivity index (χ1v) is 12.5. The monoisotopic (exact) mass is 458 g/mol. The van der Waals surface area contributed by atoms with E-state index in [1.165, 1.54) is 16.4 Å². The lowest BCUT2D eigenvalue weighted by Gasteiger charge is -2.35. The molecule has 1 fully saturated rings. The van der Waals surface area contributed by atoms with Crippen molar-refractivity contribution >= 4 is 27.6 Å². The predicted octanol–water partition coefficient (Wildman–Crippen LogP) is 3.90. The molecule has 8 heteroatoms. The van der Waals surface area contributed by atoms with E-state index >= 15 is 0 Å². The van der Waals surface area contributed by atoms with E-state index < -0.39 is 27.4 Å². The van der Waals surface area contributed by atoms with Crippen LogP contribution in [0.2, 0.25) is 0 Å². The Morgan fingerprint density at radius 2 is 1.69 bits per heavy atom. The Balaban J connectivity index is 1.89. The van der Waals surface area contributed by atoms with E-state index in [1.807, 2.05) is 6.07 Å². The van der Waals surface area contributed by atoms with Crippen molar-refractivity contribution in [3.63, 3.8) is 0 Å². The van der Waals surface area contributed by atoms with Gasteiger partial charge in [0.25, 0.3) is 15.9 Å². The standard InChI is InChI=1S/C24H30N2O5S/c1-3-26(20-13-7-5-8-14-20)32(29,30)21-15-11-12-19(18-21)22(27)25-24(23(28)31-4-2)16-9-6-10-17-24/h5,7-8,11-15,18H,3-4,6,9-10,16-17H2,1-2H3,(H,25,27). The molecule has 0 aromatic heterocycles. The maximum absolute atomic E-state index is 13.3. The minimum atomic E-state index is -3.87. The average Bonchev–Trinajstić information content (AvgIpc) is 2.81. The van der Waals surface area contributed by atoms with Gasteiger partial charge in [0.15, 0.2) is 0 Å². The second kappa shape index (κ2) is 10.2. The molecule has 2 aromatic carbocycles. The Labute approximate surface area is 189 Å². The second-order valence-corrected chi connectivity index (χ2v) is 9.71. The van der Waals surface area contributed by atoms with Gasteiger partial charge >= 0.3 is 5.97 Å². The maximum Gasteiger partial charge on any atom is 0.331 e. The van der Waals surface area contributed by atoms with Gasteiger partial charge < -0.3 is 10.1 Å². The molecule has 32 heavy (non-hydrogen) atoms. The summed E-state index contributed by atoms with van der Waals surface area (Å²) in [6.45, 7) is 3.97. The number of ether oxygens (including phenoxy) is 1. The van der Waals surface area contributed by atoms with Crippen LogP contribution in [0, 0.1) is 0 Å². The lowest BCUT2D eigenvalue weighted by Crippen LogP contribution is -2.56. The summed E-state index contributed by atoms with van der Waals surface area (Å²) in [6, 6.07) is 14.7. The summed E-state index contributed by atoms with van der Waals surface area (Å²) in [7, 11) is -3.87. The quantitative estimate of drug-likeness (QED) is 0.606. The van der Waals surface area contributed by atoms with Crippen molar-refractivity contribution < 1.29 is 22.7 Å². The number of carbonyl (C=O) groups excluding carboxylic acids is 2. The van der Waals surface area contributed by atoms with Crippen molar-refractivity contribution in [1.82, 2.24) is 5.32 Å². The molecule has 3 rings (SSSR count). The third kappa shape index (κ3) is 4.96. The van der Waals surface area contributed by atoms with E-state index in [0.29, 0.717) is 18.5 Å². The fourth-order valence-corrected chi connectivity index (χ4v) is 5.62. The topological polar surface area (TPSA) is 92.8 Å². The molecule has 1 amide bonds. The van der Waals surface area contributed by atoms with Crippen LogP contribution >= 0.6 is 0 Å². The van der Waals surface area contributed by atoms with Gasteiger partial charge in [0.05, 0.1) is 17.2 Å². The summed E-state index contributed by atoms with van der Waals surface area (Å²) in [5.74, 6) is -0.919. The van der Waals surface area contributed by atoms with Crippen molar-refractivity contribution in [2.45, 2.75) is 56.4 Å². The van der Waals surface area contributed by atoms with Gasteiger partial charge in [0.2, 0.25) is 0 Å². The molecule has 1 N–H and O–H groups in total. The number of hydrogen-bond acceptors (Lipinski definition) is 5. The third-order valence-corrected chi connectivity index (χ3v) is 7.64. The average molecular weight is 459 g/mol. The molecule has 0 radical (unpaired) electrons. The summed E-state index contributed by atoms with van der Waals surface area (Å²) >= 11 is 0. The van der Waals surface area contributed by atoms with Crippen molar-refractivity contribution in [2.75, 3.05) is 17.5 Å². The lowest BCUT2D eigenvalue weighted by atomic mass is 9.81. The number of amides is 1. The van der Waals surface area contributed by atoms with Gasteiger partial charge in [-0.05, 0) is 57.0 Å². The summed E-state index contributed by atoms with van der Waals surface area (Å²) in [6.07, 6.45) is 3.64. The molecule has 172 valence electrons. The van der Waals surface area contributed by atoms with E-state index in [-0.39, 0.29) is 23.6 Å². The zero-order valence-electron chi connectivity index (χ0n) is 18.5. The zero-order valence-corrected chi connectivity index (χ0v) is 19.4. The van der Waals surface area contributed by atoms with Crippen LogP contribution in [0.3, 0.4) is 0 Å². The molecule has 0 atom stereocenters. The molecule has 0 heterocycles. The normalized spacial score (nSPS) is 15.6.